The Kier molecular flexibility index (Phi) is 7.49. The molecule has 0 unspecified atom stereocenters. The Balaban J connectivity index is 1.81. The summed E-state index contributed by atoms with van der Waals surface area (Å²) in [6.45, 7) is 5.56. The van der Waals surface area contributed by atoms with Gasteiger partial charge in [-0.15, -0.1) is 17.9 Å². The maximum atomic E-state index is 4.72. The smallest absolute Gasteiger partial charge is 0.193 e. The average molecular weight is 343 g/mol. The highest BCUT2D eigenvalue weighted by atomic mass is 32.1. The third-order valence-electron chi connectivity index (χ3n) is 3.71. The summed E-state index contributed by atoms with van der Waals surface area (Å²) in [4.78, 5) is 11.2. The average Bonchev–Trinajstić information content (AvgIpc) is 3.08. The van der Waals surface area contributed by atoms with Crippen LogP contribution >= 0.6 is 11.3 Å². The van der Waals surface area contributed by atoms with Crippen LogP contribution in [-0.4, -0.2) is 43.0 Å². The Morgan fingerprint density at radius 3 is 2.88 bits per heavy atom. The number of aliphatic imine (C=N–C) groups is 1. The van der Waals surface area contributed by atoms with Crippen molar-refractivity contribution in [2.45, 2.75) is 19.3 Å². The summed E-state index contributed by atoms with van der Waals surface area (Å²) in [6, 6.07) is 10.3. The molecule has 0 aliphatic carbocycles. The van der Waals surface area contributed by atoms with Crippen LogP contribution < -0.4 is 5.32 Å². The molecule has 0 spiro atoms. The lowest BCUT2D eigenvalue weighted by atomic mass is 10.2. The third-order valence-corrected chi connectivity index (χ3v) is 4.65. The number of benzene rings is 1. The SMILES string of the molecule is C=CCCCN(C)C(=NC)NCCc1csc(-c2ccccc2)n1. The maximum absolute atomic E-state index is 4.72. The number of nitrogens with one attached hydrogen (secondary N) is 1. The standard InChI is InChI=1S/C19H26N4S/c1-4-5-9-14-23(3)19(20-2)21-13-12-17-15-24-18(22-17)16-10-7-6-8-11-16/h4,6-8,10-11,15H,1,5,9,12-14H2,2-3H3,(H,20,21). The van der Waals surface area contributed by atoms with E-state index in [2.05, 4.69) is 46.3 Å². The first-order chi connectivity index (χ1) is 11.7. The minimum absolute atomic E-state index is 0.830. The van der Waals surface area contributed by atoms with Crippen LogP contribution in [-0.2, 0) is 6.42 Å². The van der Waals surface area contributed by atoms with Crippen LogP contribution in [0.25, 0.3) is 10.6 Å². The van der Waals surface area contributed by atoms with Gasteiger partial charge in [0.2, 0.25) is 0 Å². The van der Waals surface area contributed by atoms with Crippen molar-refractivity contribution < 1.29 is 0 Å². The van der Waals surface area contributed by atoms with Crippen molar-refractivity contribution in [2.75, 3.05) is 27.2 Å². The summed E-state index contributed by atoms with van der Waals surface area (Å²) in [7, 11) is 3.89. The van der Waals surface area contributed by atoms with E-state index < -0.39 is 0 Å². The summed E-state index contributed by atoms with van der Waals surface area (Å²) in [5.41, 5.74) is 2.30. The van der Waals surface area contributed by atoms with E-state index in [0.717, 1.165) is 49.0 Å². The molecule has 128 valence electrons. The molecule has 0 aliphatic heterocycles. The molecule has 0 radical (unpaired) electrons. The van der Waals surface area contributed by atoms with Crippen LogP contribution in [0.3, 0.4) is 0 Å². The van der Waals surface area contributed by atoms with Crippen LogP contribution in [0.4, 0.5) is 0 Å². The van der Waals surface area contributed by atoms with E-state index in [9.17, 15) is 0 Å². The Bertz CT molecular complexity index is 648. The fourth-order valence-corrected chi connectivity index (χ4v) is 3.26. The Morgan fingerprint density at radius 1 is 1.38 bits per heavy atom. The molecule has 1 aromatic heterocycles. The van der Waals surface area contributed by atoms with Crippen LogP contribution in [0.5, 0.6) is 0 Å². The highest BCUT2D eigenvalue weighted by Crippen LogP contribution is 2.23. The largest absolute Gasteiger partial charge is 0.356 e. The molecule has 2 rings (SSSR count). The second kappa shape index (κ2) is 9.88. The molecular weight excluding hydrogens is 316 g/mol. The second-order valence-electron chi connectivity index (χ2n) is 5.59. The van der Waals surface area contributed by atoms with Gasteiger partial charge >= 0.3 is 0 Å². The monoisotopic (exact) mass is 342 g/mol. The number of hydrogen-bond donors (Lipinski definition) is 1. The molecule has 0 saturated carbocycles. The van der Waals surface area contributed by atoms with Gasteiger partial charge in [0.15, 0.2) is 5.96 Å². The van der Waals surface area contributed by atoms with Gasteiger partial charge in [0, 0.05) is 44.5 Å². The Labute approximate surface area is 149 Å². The van der Waals surface area contributed by atoms with Gasteiger partial charge in [-0.3, -0.25) is 4.99 Å². The lowest BCUT2D eigenvalue weighted by Gasteiger charge is -2.21. The highest BCUT2D eigenvalue weighted by molar-refractivity contribution is 7.13. The molecule has 5 heteroatoms. The zero-order chi connectivity index (χ0) is 17.2. The lowest BCUT2D eigenvalue weighted by Crippen LogP contribution is -2.40. The number of guanidine groups is 1. The molecule has 0 bridgehead atoms. The second-order valence-corrected chi connectivity index (χ2v) is 6.44. The molecule has 24 heavy (non-hydrogen) atoms. The topological polar surface area (TPSA) is 40.5 Å². The molecular formula is C19H26N4S. The number of nitrogens with zero attached hydrogens (tertiary/aromatic N) is 3. The zero-order valence-electron chi connectivity index (χ0n) is 14.5. The molecule has 0 fully saturated rings. The summed E-state index contributed by atoms with van der Waals surface area (Å²) in [6.07, 6.45) is 4.97. The van der Waals surface area contributed by atoms with Crippen LogP contribution in [0.2, 0.25) is 0 Å². The van der Waals surface area contributed by atoms with E-state index >= 15 is 0 Å². The summed E-state index contributed by atoms with van der Waals surface area (Å²) in [5.74, 6) is 0.928. The number of rotatable bonds is 8. The van der Waals surface area contributed by atoms with E-state index in [-0.39, 0.29) is 0 Å². The minimum atomic E-state index is 0.830. The Hall–Kier alpha value is -2.14. The van der Waals surface area contributed by atoms with Gasteiger partial charge in [-0.1, -0.05) is 36.4 Å². The first-order valence-electron chi connectivity index (χ1n) is 8.27. The van der Waals surface area contributed by atoms with Gasteiger partial charge in [0.25, 0.3) is 0 Å². The van der Waals surface area contributed by atoms with Gasteiger partial charge in [-0.2, -0.15) is 0 Å². The fourth-order valence-electron chi connectivity index (χ4n) is 2.40. The molecule has 1 N–H and O–H groups in total. The predicted molar refractivity (Wildman–Crippen MR) is 105 cm³/mol. The number of thiazole rings is 1. The van der Waals surface area contributed by atoms with Crippen molar-refractivity contribution in [3.63, 3.8) is 0 Å². The lowest BCUT2D eigenvalue weighted by molar-refractivity contribution is 0.470. The molecule has 1 aromatic carbocycles. The van der Waals surface area contributed by atoms with Crippen LogP contribution in [0.1, 0.15) is 18.5 Å². The summed E-state index contributed by atoms with van der Waals surface area (Å²) >= 11 is 1.70. The van der Waals surface area contributed by atoms with E-state index in [0.29, 0.717) is 0 Å². The minimum Gasteiger partial charge on any atom is -0.356 e. The van der Waals surface area contributed by atoms with Crippen LogP contribution in [0.15, 0.2) is 53.4 Å². The molecule has 0 aliphatic rings. The maximum Gasteiger partial charge on any atom is 0.193 e. The normalized spacial score (nSPS) is 11.3. The summed E-state index contributed by atoms with van der Waals surface area (Å²) < 4.78 is 0. The van der Waals surface area contributed by atoms with Gasteiger partial charge in [-0.25, -0.2) is 4.98 Å². The van der Waals surface area contributed by atoms with E-state index in [1.807, 2.05) is 31.3 Å². The third kappa shape index (κ3) is 5.49. The Morgan fingerprint density at radius 2 is 2.17 bits per heavy atom. The van der Waals surface area contributed by atoms with E-state index in [4.69, 9.17) is 4.98 Å². The van der Waals surface area contributed by atoms with Crippen molar-refractivity contribution >= 4 is 17.3 Å². The highest BCUT2D eigenvalue weighted by Gasteiger charge is 2.07. The molecule has 2 aromatic rings. The van der Waals surface area contributed by atoms with E-state index in [1.54, 1.807) is 11.3 Å². The molecule has 1 heterocycles. The zero-order valence-corrected chi connectivity index (χ0v) is 15.4. The first-order valence-corrected chi connectivity index (χ1v) is 9.15. The number of hydrogen-bond acceptors (Lipinski definition) is 3. The fraction of sp³-hybridized carbons (Fsp3) is 0.368. The van der Waals surface area contributed by atoms with E-state index in [1.165, 1.54) is 5.56 Å². The first kappa shape index (κ1) is 18.2. The van der Waals surface area contributed by atoms with Crippen molar-refractivity contribution in [1.82, 2.24) is 15.2 Å². The van der Waals surface area contributed by atoms with Crippen molar-refractivity contribution in [1.29, 1.82) is 0 Å². The van der Waals surface area contributed by atoms with Crippen molar-refractivity contribution in [3.8, 4) is 10.6 Å². The number of allylic oxidation sites excluding steroid dienone is 1. The molecule has 0 atom stereocenters. The van der Waals surface area contributed by atoms with Gasteiger partial charge < -0.3 is 10.2 Å². The van der Waals surface area contributed by atoms with Crippen LogP contribution in [0, 0.1) is 0 Å². The summed E-state index contributed by atoms with van der Waals surface area (Å²) in [5, 5.41) is 6.63. The molecule has 4 nitrogen and oxygen atoms in total. The van der Waals surface area contributed by atoms with Crippen molar-refractivity contribution in [2.24, 2.45) is 4.99 Å². The molecule has 0 saturated heterocycles. The van der Waals surface area contributed by atoms with Gasteiger partial charge in [-0.05, 0) is 12.8 Å². The number of aromatic nitrogens is 1. The van der Waals surface area contributed by atoms with Crippen molar-refractivity contribution in [3.05, 3.63) is 54.1 Å². The molecule has 0 amide bonds. The van der Waals surface area contributed by atoms with Gasteiger partial charge in [0.05, 0.1) is 5.69 Å². The quantitative estimate of drug-likeness (QED) is 0.343. The predicted octanol–water partition coefficient (Wildman–Crippen LogP) is 3.83. The van der Waals surface area contributed by atoms with Gasteiger partial charge in [0.1, 0.15) is 5.01 Å². The number of unbranched alkanes of at least 4 members (excludes halogenated alkanes) is 1.